The second-order valence-electron chi connectivity index (χ2n) is 4.90. The minimum Gasteiger partial charge on any atom is -0.398 e. The lowest BCUT2D eigenvalue weighted by molar-refractivity contribution is 0.101. The van der Waals surface area contributed by atoms with Gasteiger partial charge in [0.15, 0.2) is 5.78 Å². The molecule has 120 valence electrons. The van der Waals surface area contributed by atoms with E-state index in [1.54, 1.807) is 17.0 Å². The summed E-state index contributed by atoms with van der Waals surface area (Å²) in [5, 5.41) is 0.373. The van der Waals surface area contributed by atoms with E-state index in [-0.39, 0.29) is 5.78 Å². The first kappa shape index (κ1) is 18.1. The first-order valence-corrected chi connectivity index (χ1v) is 7.64. The SMILES string of the molecule is CCN(CC)C(=S)OC(=Nc1ccccc1C(C)=O)N(C)C. The Hall–Kier alpha value is -1.95. The van der Waals surface area contributed by atoms with Crippen LogP contribution in [0.25, 0.3) is 0 Å². The molecule has 0 radical (unpaired) electrons. The molecule has 6 heteroatoms. The van der Waals surface area contributed by atoms with Gasteiger partial charge in [0.1, 0.15) is 0 Å². The lowest BCUT2D eigenvalue weighted by Gasteiger charge is -2.24. The fourth-order valence-corrected chi connectivity index (χ4v) is 2.14. The van der Waals surface area contributed by atoms with Gasteiger partial charge >= 0.3 is 0 Å². The second-order valence-corrected chi connectivity index (χ2v) is 5.25. The Balaban J connectivity index is 3.11. The van der Waals surface area contributed by atoms with Gasteiger partial charge in [0, 0.05) is 32.7 Å². The van der Waals surface area contributed by atoms with Crippen LogP contribution in [0.4, 0.5) is 5.69 Å². The predicted octanol–water partition coefficient (Wildman–Crippen LogP) is 3.08. The van der Waals surface area contributed by atoms with Gasteiger partial charge in [-0.05, 0) is 45.1 Å². The van der Waals surface area contributed by atoms with E-state index < -0.39 is 0 Å². The molecule has 1 rings (SSSR count). The Kier molecular flexibility index (Phi) is 6.98. The van der Waals surface area contributed by atoms with Crippen LogP contribution in [0.2, 0.25) is 0 Å². The summed E-state index contributed by atoms with van der Waals surface area (Å²) >= 11 is 5.30. The molecule has 0 fully saturated rings. The van der Waals surface area contributed by atoms with Crippen molar-refractivity contribution in [3.63, 3.8) is 0 Å². The normalized spacial score (nSPS) is 11.0. The fourth-order valence-electron chi connectivity index (χ4n) is 1.81. The second kappa shape index (κ2) is 8.48. The van der Waals surface area contributed by atoms with Gasteiger partial charge in [-0.3, -0.25) is 4.79 Å². The number of aliphatic imine (C=N–C) groups is 1. The van der Waals surface area contributed by atoms with Crippen LogP contribution in [-0.2, 0) is 4.74 Å². The number of rotatable bonds is 4. The van der Waals surface area contributed by atoms with Gasteiger partial charge < -0.3 is 14.5 Å². The van der Waals surface area contributed by atoms with Crippen molar-refractivity contribution in [3.8, 4) is 0 Å². The number of hydrogen-bond donors (Lipinski definition) is 0. The Morgan fingerprint density at radius 1 is 1.23 bits per heavy atom. The van der Waals surface area contributed by atoms with Crippen molar-refractivity contribution < 1.29 is 9.53 Å². The average Bonchev–Trinajstić information content (AvgIpc) is 2.48. The lowest BCUT2D eigenvalue weighted by atomic mass is 10.1. The molecule has 0 aliphatic heterocycles. The molecular weight excluding hydrogens is 298 g/mol. The van der Waals surface area contributed by atoms with E-state index in [1.165, 1.54) is 6.92 Å². The van der Waals surface area contributed by atoms with Crippen molar-refractivity contribution in [1.29, 1.82) is 0 Å². The first-order chi connectivity index (χ1) is 10.4. The topological polar surface area (TPSA) is 45.1 Å². The first-order valence-electron chi connectivity index (χ1n) is 7.23. The number of hydrogen-bond acceptors (Lipinski definition) is 4. The molecule has 1 aromatic carbocycles. The Labute approximate surface area is 137 Å². The summed E-state index contributed by atoms with van der Waals surface area (Å²) in [6.45, 7) is 7.07. The van der Waals surface area contributed by atoms with Crippen molar-refractivity contribution in [1.82, 2.24) is 9.80 Å². The summed E-state index contributed by atoms with van der Waals surface area (Å²) in [4.78, 5) is 19.8. The van der Waals surface area contributed by atoms with Gasteiger partial charge in [0.05, 0.1) is 5.69 Å². The third-order valence-corrected chi connectivity index (χ3v) is 3.42. The molecule has 0 amide bonds. The predicted molar refractivity (Wildman–Crippen MR) is 93.8 cm³/mol. The molecular formula is C16H23N3O2S. The Morgan fingerprint density at radius 2 is 1.82 bits per heavy atom. The maximum absolute atomic E-state index is 11.7. The summed E-state index contributed by atoms with van der Waals surface area (Å²) in [6, 6.07) is 7.53. The minimum absolute atomic E-state index is 0.0382. The zero-order valence-electron chi connectivity index (χ0n) is 13.8. The van der Waals surface area contributed by atoms with Crippen LogP contribution in [0.15, 0.2) is 29.3 Å². The summed E-state index contributed by atoms with van der Waals surface area (Å²) < 4.78 is 5.72. The Bertz CT molecular complexity index is 566. The number of benzene rings is 1. The lowest BCUT2D eigenvalue weighted by Crippen LogP contribution is -2.36. The van der Waals surface area contributed by atoms with Crippen molar-refractivity contribution in [3.05, 3.63) is 29.8 Å². The number of ether oxygens (including phenoxy) is 1. The van der Waals surface area contributed by atoms with E-state index in [9.17, 15) is 4.79 Å². The van der Waals surface area contributed by atoms with Crippen molar-refractivity contribution in [2.24, 2.45) is 4.99 Å². The summed E-state index contributed by atoms with van der Waals surface area (Å²) in [5.74, 6) is -0.0382. The van der Waals surface area contributed by atoms with Crippen molar-refractivity contribution >= 4 is 34.9 Å². The number of para-hydroxylation sites is 1. The highest BCUT2D eigenvalue weighted by atomic mass is 32.1. The fraction of sp³-hybridized carbons (Fsp3) is 0.438. The van der Waals surface area contributed by atoms with Crippen LogP contribution in [-0.4, -0.2) is 54.0 Å². The smallest absolute Gasteiger partial charge is 0.299 e. The van der Waals surface area contributed by atoms with Crippen LogP contribution < -0.4 is 0 Å². The number of Topliss-reactive ketones (excluding diaryl/α,β-unsaturated/α-hetero) is 1. The number of carbonyl (C=O) groups is 1. The third-order valence-electron chi connectivity index (χ3n) is 3.08. The molecule has 0 atom stereocenters. The van der Waals surface area contributed by atoms with E-state index in [1.807, 2.05) is 45.0 Å². The monoisotopic (exact) mass is 321 g/mol. The van der Waals surface area contributed by atoms with Crippen LogP contribution in [0.3, 0.4) is 0 Å². The highest BCUT2D eigenvalue weighted by Gasteiger charge is 2.14. The number of thiocarbonyl (C=S) groups is 1. The molecule has 5 nitrogen and oxygen atoms in total. The third kappa shape index (κ3) is 4.80. The molecule has 0 heterocycles. The molecule has 1 aromatic rings. The highest BCUT2D eigenvalue weighted by Crippen LogP contribution is 2.20. The largest absolute Gasteiger partial charge is 0.398 e. The molecule has 0 saturated carbocycles. The molecule has 0 saturated heterocycles. The van der Waals surface area contributed by atoms with Gasteiger partial charge in [-0.2, -0.15) is 4.99 Å². The zero-order valence-corrected chi connectivity index (χ0v) is 14.6. The molecule has 0 N–H and O–H groups in total. The van der Waals surface area contributed by atoms with E-state index in [2.05, 4.69) is 4.99 Å². The standard InChI is InChI=1S/C16H23N3O2S/c1-6-19(7-2)16(22)21-15(18(4)5)17-14-11-9-8-10-13(14)12(3)20/h8-11H,6-7H2,1-5H3. The number of nitrogens with zero attached hydrogens (tertiary/aromatic N) is 3. The van der Waals surface area contributed by atoms with Gasteiger partial charge in [-0.15, -0.1) is 0 Å². The molecule has 0 spiro atoms. The molecule has 0 aromatic heterocycles. The quantitative estimate of drug-likeness (QED) is 0.369. The highest BCUT2D eigenvalue weighted by molar-refractivity contribution is 7.80. The van der Waals surface area contributed by atoms with E-state index in [0.29, 0.717) is 22.4 Å². The van der Waals surface area contributed by atoms with Crippen molar-refractivity contribution in [2.45, 2.75) is 20.8 Å². The minimum atomic E-state index is -0.0382. The van der Waals surface area contributed by atoms with E-state index in [4.69, 9.17) is 17.0 Å². The maximum atomic E-state index is 11.7. The van der Waals surface area contributed by atoms with E-state index >= 15 is 0 Å². The summed E-state index contributed by atoms with van der Waals surface area (Å²) in [7, 11) is 3.64. The number of carbonyl (C=O) groups excluding carboxylic acids is 1. The Morgan fingerprint density at radius 3 is 2.32 bits per heavy atom. The molecule has 0 aliphatic carbocycles. The average molecular weight is 321 g/mol. The van der Waals surface area contributed by atoms with E-state index in [0.717, 1.165) is 13.1 Å². The zero-order chi connectivity index (χ0) is 16.7. The molecule has 0 unspecified atom stereocenters. The number of amidine groups is 1. The van der Waals surface area contributed by atoms with Crippen LogP contribution >= 0.6 is 12.2 Å². The molecule has 22 heavy (non-hydrogen) atoms. The molecule has 0 bridgehead atoms. The molecule has 0 aliphatic rings. The maximum Gasteiger partial charge on any atom is 0.299 e. The van der Waals surface area contributed by atoms with Crippen LogP contribution in [0.5, 0.6) is 0 Å². The summed E-state index contributed by atoms with van der Waals surface area (Å²) in [6.07, 6.45) is 0. The van der Waals surface area contributed by atoms with Crippen LogP contribution in [0, 0.1) is 0 Å². The van der Waals surface area contributed by atoms with Gasteiger partial charge in [-0.1, -0.05) is 12.1 Å². The van der Waals surface area contributed by atoms with Gasteiger partial charge in [0.2, 0.25) is 0 Å². The van der Waals surface area contributed by atoms with Crippen molar-refractivity contribution in [2.75, 3.05) is 27.2 Å². The van der Waals surface area contributed by atoms with Crippen LogP contribution in [0.1, 0.15) is 31.1 Å². The number of ketones is 1. The summed E-state index contributed by atoms with van der Waals surface area (Å²) in [5.41, 5.74) is 1.13. The van der Waals surface area contributed by atoms with Gasteiger partial charge in [0.25, 0.3) is 11.2 Å². The van der Waals surface area contributed by atoms with Gasteiger partial charge in [-0.25, -0.2) is 0 Å².